The average molecular weight is 509 g/mol. The van der Waals surface area contributed by atoms with Gasteiger partial charge < -0.3 is 24.8 Å². The molecule has 3 fully saturated rings. The number of rotatable bonds is 9. The molecule has 4 rings (SSSR count). The summed E-state index contributed by atoms with van der Waals surface area (Å²) in [5, 5.41) is 12.2. The minimum atomic E-state index is -1.08. The first kappa shape index (κ1) is 23.2. The van der Waals surface area contributed by atoms with Crippen molar-refractivity contribution in [2.45, 2.75) is 55.3 Å². The summed E-state index contributed by atoms with van der Waals surface area (Å²) in [6.07, 6.45) is 1.03. The van der Waals surface area contributed by atoms with Gasteiger partial charge in [-0.25, -0.2) is 0 Å². The Morgan fingerprint density at radius 3 is 2.75 bits per heavy atom. The Kier molecular flexibility index (Phi) is 6.88. The molecular weight excluding hydrogens is 480 g/mol. The minimum absolute atomic E-state index is 0.00890. The normalized spacial score (nSPS) is 32.8. The van der Waals surface area contributed by atoms with Crippen LogP contribution < -0.4 is 5.32 Å². The monoisotopic (exact) mass is 508 g/mol. The number of hydrogen-bond acceptors (Lipinski definition) is 6. The van der Waals surface area contributed by atoms with Crippen LogP contribution in [0.25, 0.3) is 0 Å². The van der Waals surface area contributed by atoms with Gasteiger partial charge in [-0.1, -0.05) is 46.3 Å². The molecule has 174 valence electrons. The maximum absolute atomic E-state index is 13.6. The number of halogens is 1. The topological polar surface area (TPSA) is 105 Å². The number of aliphatic hydroxyl groups is 1. The Bertz CT molecular complexity index is 867. The molecule has 8 nitrogen and oxygen atoms in total. The van der Waals surface area contributed by atoms with E-state index < -0.39 is 35.6 Å². The number of benzene rings is 1. The second kappa shape index (κ2) is 9.49. The number of amides is 2. The van der Waals surface area contributed by atoms with Crippen molar-refractivity contribution in [3.05, 3.63) is 35.9 Å². The Labute approximate surface area is 195 Å². The smallest absolute Gasteiger partial charge is 0.312 e. The number of hydrogen-bond donors (Lipinski definition) is 2. The highest BCUT2D eigenvalue weighted by Crippen LogP contribution is 2.60. The van der Waals surface area contributed by atoms with Crippen LogP contribution in [-0.4, -0.2) is 70.1 Å². The van der Waals surface area contributed by atoms with Crippen molar-refractivity contribution in [1.82, 2.24) is 10.2 Å². The number of aliphatic hydroxyl groups excluding tert-OH is 1. The molecule has 0 aromatic heterocycles. The molecule has 3 heterocycles. The number of nitrogens with zero attached hydrogens (tertiary/aromatic N) is 1. The second-order valence-corrected chi connectivity index (χ2v) is 9.76. The van der Waals surface area contributed by atoms with E-state index in [0.29, 0.717) is 32.4 Å². The first-order valence-electron chi connectivity index (χ1n) is 11.2. The van der Waals surface area contributed by atoms with E-state index in [1.165, 1.54) is 0 Å². The van der Waals surface area contributed by atoms with Gasteiger partial charge in [-0.15, -0.1) is 0 Å². The van der Waals surface area contributed by atoms with Crippen LogP contribution >= 0.6 is 15.9 Å². The molecule has 6 atom stereocenters. The van der Waals surface area contributed by atoms with Gasteiger partial charge >= 0.3 is 5.97 Å². The van der Waals surface area contributed by atoms with Crippen LogP contribution in [0.1, 0.15) is 31.7 Å². The predicted molar refractivity (Wildman–Crippen MR) is 119 cm³/mol. The lowest BCUT2D eigenvalue weighted by atomic mass is 9.70. The molecule has 3 unspecified atom stereocenters. The molecule has 1 aromatic carbocycles. The molecule has 1 spiro atoms. The van der Waals surface area contributed by atoms with Crippen LogP contribution in [0.4, 0.5) is 0 Å². The molecule has 2 bridgehead atoms. The molecule has 3 saturated heterocycles. The summed E-state index contributed by atoms with van der Waals surface area (Å²) < 4.78 is 11.6. The highest BCUT2D eigenvalue weighted by Gasteiger charge is 2.76. The molecule has 3 aliphatic rings. The third-order valence-electron chi connectivity index (χ3n) is 6.71. The summed E-state index contributed by atoms with van der Waals surface area (Å²) in [7, 11) is 0. The lowest BCUT2D eigenvalue weighted by molar-refractivity contribution is -0.154. The fourth-order valence-corrected chi connectivity index (χ4v) is 6.40. The number of likely N-dealkylation sites (tertiary alicyclic amines) is 1. The van der Waals surface area contributed by atoms with Gasteiger partial charge in [0.15, 0.2) is 0 Å². The summed E-state index contributed by atoms with van der Waals surface area (Å²) in [5.74, 6) is -2.49. The Morgan fingerprint density at radius 1 is 1.31 bits per heavy atom. The highest BCUT2D eigenvalue weighted by atomic mass is 79.9. The summed E-state index contributed by atoms with van der Waals surface area (Å²) in [6, 6.07) is 8.71. The van der Waals surface area contributed by atoms with E-state index in [1.807, 2.05) is 30.3 Å². The first-order valence-corrected chi connectivity index (χ1v) is 12.1. The summed E-state index contributed by atoms with van der Waals surface area (Å²) in [5.41, 5.74) is -0.127. The fraction of sp³-hybridized carbons (Fsp3) is 0.609. The molecule has 32 heavy (non-hydrogen) atoms. The van der Waals surface area contributed by atoms with E-state index in [-0.39, 0.29) is 29.9 Å². The van der Waals surface area contributed by atoms with Crippen molar-refractivity contribution in [1.29, 1.82) is 0 Å². The van der Waals surface area contributed by atoms with Crippen molar-refractivity contribution in [3.8, 4) is 0 Å². The van der Waals surface area contributed by atoms with Crippen LogP contribution in [0.5, 0.6) is 0 Å². The van der Waals surface area contributed by atoms with E-state index in [0.717, 1.165) is 5.56 Å². The van der Waals surface area contributed by atoms with E-state index in [1.54, 1.807) is 11.8 Å². The summed E-state index contributed by atoms with van der Waals surface area (Å²) >= 11 is 3.62. The van der Waals surface area contributed by atoms with Crippen molar-refractivity contribution < 1.29 is 29.0 Å². The van der Waals surface area contributed by atoms with E-state index in [2.05, 4.69) is 21.2 Å². The predicted octanol–water partition coefficient (Wildman–Crippen LogP) is 1.39. The van der Waals surface area contributed by atoms with Crippen LogP contribution in [0.15, 0.2) is 30.3 Å². The number of alkyl halides is 1. The Morgan fingerprint density at radius 2 is 2.06 bits per heavy atom. The van der Waals surface area contributed by atoms with Gasteiger partial charge in [0.1, 0.15) is 11.6 Å². The third kappa shape index (κ3) is 3.84. The van der Waals surface area contributed by atoms with E-state index in [9.17, 15) is 19.5 Å². The standard InChI is InChI=1S/C23H29BrN2O6/c1-2-31-22(30)16-17-21(29)26(10-6-7-11-27)19(23(17)12-15(24)18(16)32-23)20(28)25-13-14-8-4-3-5-9-14/h3-5,8-9,15-19,27H,2,6-7,10-13H2,1H3,(H,25,28)/t15?,16-,17+,18-,19?,23?/m1/s1. The zero-order valence-corrected chi connectivity index (χ0v) is 19.6. The van der Waals surface area contributed by atoms with Crippen LogP contribution in [0.2, 0.25) is 0 Å². The average Bonchev–Trinajstić information content (AvgIpc) is 3.37. The first-order chi connectivity index (χ1) is 15.4. The van der Waals surface area contributed by atoms with Crippen LogP contribution in [0, 0.1) is 11.8 Å². The summed E-state index contributed by atoms with van der Waals surface area (Å²) in [6.45, 7) is 2.60. The second-order valence-electron chi connectivity index (χ2n) is 8.58. The number of esters is 1. The van der Waals surface area contributed by atoms with Crippen molar-refractivity contribution in [2.75, 3.05) is 19.8 Å². The number of carbonyl (C=O) groups excluding carboxylic acids is 3. The molecular formula is C23H29BrN2O6. The maximum Gasteiger partial charge on any atom is 0.312 e. The van der Waals surface area contributed by atoms with Gasteiger partial charge in [0.25, 0.3) is 0 Å². The number of fused-ring (bicyclic) bond motifs is 1. The van der Waals surface area contributed by atoms with Gasteiger partial charge in [-0.3, -0.25) is 14.4 Å². The quantitative estimate of drug-likeness (QED) is 0.296. The molecule has 0 radical (unpaired) electrons. The SMILES string of the molecule is CCOC(=O)[C@H]1[C@@H]2OC3(CC2Br)C(C(=O)NCc2ccccc2)N(CCCCO)C(=O)[C@H]13. The van der Waals surface area contributed by atoms with Gasteiger partial charge in [0.2, 0.25) is 11.8 Å². The molecule has 0 saturated carbocycles. The molecule has 1 aromatic rings. The number of nitrogens with one attached hydrogen (secondary N) is 1. The number of unbranched alkanes of at least 4 members (excludes halogenated alkanes) is 1. The number of carbonyl (C=O) groups is 3. The molecule has 2 N–H and O–H groups in total. The van der Waals surface area contributed by atoms with E-state index in [4.69, 9.17) is 9.47 Å². The highest BCUT2D eigenvalue weighted by molar-refractivity contribution is 9.09. The Balaban J connectivity index is 1.63. The zero-order valence-electron chi connectivity index (χ0n) is 18.0. The van der Waals surface area contributed by atoms with Gasteiger partial charge in [0.05, 0.1) is 24.5 Å². The van der Waals surface area contributed by atoms with Crippen LogP contribution in [0.3, 0.4) is 0 Å². The summed E-state index contributed by atoms with van der Waals surface area (Å²) in [4.78, 5) is 41.2. The fourth-order valence-electron chi connectivity index (χ4n) is 5.45. The third-order valence-corrected chi connectivity index (χ3v) is 7.56. The van der Waals surface area contributed by atoms with Gasteiger partial charge in [-0.2, -0.15) is 0 Å². The lowest BCUT2D eigenvalue weighted by Gasteiger charge is -2.34. The molecule has 9 heteroatoms. The van der Waals surface area contributed by atoms with Gasteiger partial charge in [-0.05, 0) is 31.7 Å². The van der Waals surface area contributed by atoms with E-state index >= 15 is 0 Å². The Hall–Kier alpha value is -1.97. The van der Waals surface area contributed by atoms with Crippen molar-refractivity contribution in [2.24, 2.45) is 11.8 Å². The minimum Gasteiger partial charge on any atom is -0.466 e. The van der Waals surface area contributed by atoms with Gasteiger partial charge in [0, 0.05) is 24.5 Å². The maximum atomic E-state index is 13.6. The lowest BCUT2D eigenvalue weighted by Crippen LogP contribution is -2.55. The van der Waals surface area contributed by atoms with Crippen molar-refractivity contribution in [3.63, 3.8) is 0 Å². The molecule has 3 aliphatic heterocycles. The van der Waals surface area contributed by atoms with Crippen LogP contribution in [-0.2, 0) is 30.4 Å². The zero-order chi connectivity index (χ0) is 22.9. The van der Waals surface area contributed by atoms with Crippen molar-refractivity contribution >= 4 is 33.7 Å². The largest absolute Gasteiger partial charge is 0.466 e. The molecule has 2 amide bonds. The number of ether oxygens (including phenoxy) is 2. The molecule has 0 aliphatic carbocycles.